The predicted molar refractivity (Wildman–Crippen MR) is 158 cm³/mol. The Morgan fingerprint density at radius 3 is 0.889 bits per heavy atom. The summed E-state index contributed by atoms with van der Waals surface area (Å²) < 4.78 is 0. The maximum Gasteiger partial charge on any atom is 0.0239 e. The number of benzene rings is 6. The maximum absolute atomic E-state index is 2.28. The molecule has 2 nitrogen and oxygen atoms in total. The van der Waals surface area contributed by atoms with Crippen molar-refractivity contribution >= 4 is 43.1 Å². The Morgan fingerprint density at radius 2 is 0.639 bits per heavy atom. The molecule has 0 fully saturated rings. The van der Waals surface area contributed by atoms with Crippen LogP contribution in [0.25, 0.3) is 43.1 Å². The van der Waals surface area contributed by atoms with Gasteiger partial charge in [-0.25, -0.2) is 0 Å². The van der Waals surface area contributed by atoms with E-state index in [4.69, 9.17) is 0 Å². The first kappa shape index (κ1) is 24.0. The van der Waals surface area contributed by atoms with Crippen molar-refractivity contribution in [3.8, 4) is 0 Å². The molecule has 0 bridgehead atoms. The molecule has 0 amide bonds. The standard InChI is InChI=1S/2C17H17N/c2*1-18(2)12-17-15-9-5-3-7-13(15)11-14-8-4-6-10-16(14)17/h2*3-11H,12H2,1-2H3. The summed E-state index contributed by atoms with van der Waals surface area (Å²) in [7, 11) is 8.49. The fourth-order valence-electron chi connectivity index (χ4n) is 5.19. The Bertz CT molecular complexity index is 1410. The molecule has 0 unspecified atom stereocenters. The Hall–Kier alpha value is -3.72. The number of rotatable bonds is 4. The van der Waals surface area contributed by atoms with E-state index in [1.165, 1.54) is 54.2 Å². The molecule has 6 aromatic rings. The van der Waals surface area contributed by atoms with Gasteiger partial charge in [-0.2, -0.15) is 0 Å². The zero-order valence-electron chi connectivity index (χ0n) is 21.7. The van der Waals surface area contributed by atoms with Gasteiger partial charge in [-0.3, -0.25) is 0 Å². The minimum atomic E-state index is 0.974. The molecule has 180 valence electrons. The van der Waals surface area contributed by atoms with Gasteiger partial charge in [-0.15, -0.1) is 0 Å². The fourth-order valence-corrected chi connectivity index (χ4v) is 5.19. The van der Waals surface area contributed by atoms with Gasteiger partial charge in [0, 0.05) is 13.1 Å². The van der Waals surface area contributed by atoms with Crippen LogP contribution in [0.1, 0.15) is 11.1 Å². The summed E-state index contributed by atoms with van der Waals surface area (Å²) in [4.78, 5) is 4.46. The number of nitrogens with zero attached hydrogens (tertiary/aromatic N) is 2. The SMILES string of the molecule is CN(C)Cc1c2ccccc2cc2ccccc12.CN(C)Cc1c2ccccc2cc2ccccc12. The molecule has 36 heavy (non-hydrogen) atoms. The van der Waals surface area contributed by atoms with Crippen molar-refractivity contribution in [2.24, 2.45) is 0 Å². The van der Waals surface area contributed by atoms with Crippen LogP contribution in [-0.4, -0.2) is 38.0 Å². The second-order valence-electron chi connectivity index (χ2n) is 10.1. The van der Waals surface area contributed by atoms with Crippen LogP contribution in [0.5, 0.6) is 0 Å². The van der Waals surface area contributed by atoms with Crippen molar-refractivity contribution in [3.05, 3.63) is 120 Å². The molecule has 0 N–H and O–H groups in total. The Kier molecular flexibility index (Phi) is 6.99. The molecular formula is C34H34N2. The lowest BCUT2D eigenvalue weighted by Gasteiger charge is -2.15. The van der Waals surface area contributed by atoms with Gasteiger partial charge in [-0.1, -0.05) is 97.1 Å². The van der Waals surface area contributed by atoms with E-state index in [9.17, 15) is 0 Å². The molecule has 0 saturated carbocycles. The van der Waals surface area contributed by atoms with Gasteiger partial charge in [0.05, 0.1) is 0 Å². The quantitative estimate of drug-likeness (QED) is 0.240. The third-order valence-electron chi connectivity index (χ3n) is 6.71. The number of hydrogen-bond acceptors (Lipinski definition) is 2. The molecule has 0 aliphatic rings. The summed E-state index contributed by atoms with van der Waals surface area (Å²) in [5.41, 5.74) is 2.85. The fraction of sp³-hybridized carbons (Fsp3) is 0.176. The minimum absolute atomic E-state index is 0.974. The zero-order chi connectivity index (χ0) is 25.1. The molecule has 0 aromatic heterocycles. The van der Waals surface area contributed by atoms with Gasteiger partial charge in [0.15, 0.2) is 0 Å². The average molecular weight is 471 g/mol. The first-order chi connectivity index (χ1) is 17.5. The van der Waals surface area contributed by atoms with Crippen LogP contribution in [0, 0.1) is 0 Å². The molecule has 0 saturated heterocycles. The van der Waals surface area contributed by atoms with Crippen molar-refractivity contribution in [2.75, 3.05) is 28.2 Å². The van der Waals surface area contributed by atoms with Crippen LogP contribution in [-0.2, 0) is 13.1 Å². The molecule has 0 heterocycles. The summed E-state index contributed by atoms with van der Waals surface area (Å²) in [6.07, 6.45) is 0. The van der Waals surface area contributed by atoms with Crippen LogP contribution in [0.3, 0.4) is 0 Å². The second kappa shape index (κ2) is 10.5. The highest BCUT2D eigenvalue weighted by atomic mass is 15.1. The summed E-state index contributed by atoms with van der Waals surface area (Å²) in [5, 5.41) is 10.8. The Balaban J connectivity index is 0.000000148. The first-order valence-corrected chi connectivity index (χ1v) is 12.6. The Labute approximate surface area is 214 Å². The highest BCUT2D eigenvalue weighted by Gasteiger charge is 2.09. The van der Waals surface area contributed by atoms with Gasteiger partial charge in [-0.05, 0) is 94.5 Å². The van der Waals surface area contributed by atoms with Gasteiger partial charge < -0.3 is 9.80 Å². The van der Waals surface area contributed by atoms with Crippen molar-refractivity contribution in [2.45, 2.75) is 13.1 Å². The van der Waals surface area contributed by atoms with E-state index in [2.05, 4.69) is 147 Å². The molecule has 0 radical (unpaired) electrons. The lowest BCUT2D eigenvalue weighted by Crippen LogP contribution is -2.11. The zero-order valence-corrected chi connectivity index (χ0v) is 21.7. The first-order valence-electron chi connectivity index (χ1n) is 12.6. The molecule has 0 spiro atoms. The summed E-state index contributed by atoms with van der Waals surface area (Å²) in [5.74, 6) is 0. The second-order valence-corrected chi connectivity index (χ2v) is 10.1. The van der Waals surface area contributed by atoms with Gasteiger partial charge >= 0.3 is 0 Å². The molecule has 6 aromatic carbocycles. The van der Waals surface area contributed by atoms with Crippen LogP contribution in [0.4, 0.5) is 0 Å². The van der Waals surface area contributed by atoms with E-state index in [-0.39, 0.29) is 0 Å². The normalized spacial score (nSPS) is 11.5. The molecular weight excluding hydrogens is 436 g/mol. The third-order valence-corrected chi connectivity index (χ3v) is 6.71. The van der Waals surface area contributed by atoms with Crippen molar-refractivity contribution < 1.29 is 0 Å². The van der Waals surface area contributed by atoms with E-state index < -0.39 is 0 Å². The van der Waals surface area contributed by atoms with Crippen molar-refractivity contribution in [1.29, 1.82) is 0 Å². The van der Waals surface area contributed by atoms with Gasteiger partial charge in [0.1, 0.15) is 0 Å². The molecule has 0 aliphatic heterocycles. The maximum atomic E-state index is 2.28. The molecule has 2 heteroatoms. The number of hydrogen-bond donors (Lipinski definition) is 0. The largest absolute Gasteiger partial charge is 0.305 e. The average Bonchev–Trinajstić information content (AvgIpc) is 2.88. The van der Waals surface area contributed by atoms with Gasteiger partial charge in [0.2, 0.25) is 0 Å². The smallest absolute Gasteiger partial charge is 0.0239 e. The van der Waals surface area contributed by atoms with E-state index in [1.807, 2.05) is 0 Å². The van der Waals surface area contributed by atoms with Gasteiger partial charge in [0.25, 0.3) is 0 Å². The van der Waals surface area contributed by atoms with E-state index in [0.29, 0.717) is 0 Å². The highest BCUT2D eigenvalue weighted by molar-refractivity contribution is 6.03. The lowest BCUT2D eigenvalue weighted by atomic mass is 9.96. The Morgan fingerprint density at radius 1 is 0.389 bits per heavy atom. The molecule has 0 atom stereocenters. The van der Waals surface area contributed by atoms with Crippen molar-refractivity contribution in [3.63, 3.8) is 0 Å². The highest BCUT2D eigenvalue weighted by Crippen LogP contribution is 2.30. The predicted octanol–water partition coefficient (Wildman–Crippen LogP) is 8.11. The monoisotopic (exact) mass is 470 g/mol. The van der Waals surface area contributed by atoms with Crippen LogP contribution in [0.2, 0.25) is 0 Å². The van der Waals surface area contributed by atoms with Crippen LogP contribution >= 0.6 is 0 Å². The summed E-state index contributed by atoms with van der Waals surface area (Å²) in [6.45, 7) is 1.95. The topological polar surface area (TPSA) is 6.48 Å². The van der Waals surface area contributed by atoms with Crippen molar-refractivity contribution in [1.82, 2.24) is 9.80 Å². The lowest BCUT2D eigenvalue weighted by molar-refractivity contribution is 0.405. The van der Waals surface area contributed by atoms with Crippen LogP contribution in [0.15, 0.2) is 109 Å². The summed E-state index contributed by atoms with van der Waals surface area (Å²) >= 11 is 0. The summed E-state index contributed by atoms with van der Waals surface area (Å²) in [6, 6.07) is 39.2. The van der Waals surface area contributed by atoms with E-state index >= 15 is 0 Å². The molecule has 0 aliphatic carbocycles. The van der Waals surface area contributed by atoms with Crippen LogP contribution < -0.4 is 0 Å². The molecule has 6 rings (SSSR count). The van der Waals surface area contributed by atoms with E-state index in [1.54, 1.807) is 0 Å². The third kappa shape index (κ3) is 4.97. The van der Waals surface area contributed by atoms with E-state index in [0.717, 1.165) is 13.1 Å². The number of fused-ring (bicyclic) bond motifs is 4. The minimum Gasteiger partial charge on any atom is -0.305 e.